The van der Waals surface area contributed by atoms with Gasteiger partial charge < -0.3 is 10.8 Å². The van der Waals surface area contributed by atoms with Gasteiger partial charge in [0.15, 0.2) is 11.4 Å². The van der Waals surface area contributed by atoms with Crippen LogP contribution in [0.25, 0.3) is 0 Å². The maximum absolute atomic E-state index is 10.5. The lowest BCUT2D eigenvalue weighted by molar-refractivity contribution is 0.0691. The molecule has 13 heavy (non-hydrogen) atoms. The lowest BCUT2D eigenvalue weighted by Gasteiger charge is -2.00. The second kappa shape index (κ2) is 3.29. The molecule has 0 saturated carbocycles. The van der Waals surface area contributed by atoms with Gasteiger partial charge in [-0.1, -0.05) is 11.6 Å². The van der Waals surface area contributed by atoms with Crippen molar-refractivity contribution in [3.63, 3.8) is 0 Å². The Morgan fingerprint density at radius 3 is 2.85 bits per heavy atom. The highest BCUT2D eigenvalue weighted by Gasteiger charge is 2.13. The van der Waals surface area contributed by atoms with Crippen LogP contribution in [0.15, 0.2) is 6.07 Å². The van der Waals surface area contributed by atoms with Crippen LogP contribution < -0.4 is 5.73 Å². The maximum Gasteiger partial charge on any atom is 0.356 e. The van der Waals surface area contributed by atoms with E-state index in [1.54, 1.807) is 6.07 Å². The molecule has 0 spiro atoms. The predicted octanol–water partition coefficient (Wildman–Crippen LogP) is 0.887. The molecule has 1 rings (SSSR count). The number of aromatic nitrogens is 1. The van der Waals surface area contributed by atoms with Gasteiger partial charge in [0.25, 0.3) is 0 Å². The van der Waals surface area contributed by atoms with E-state index in [-0.39, 0.29) is 22.1 Å². The summed E-state index contributed by atoms with van der Waals surface area (Å²) < 4.78 is 0. The molecule has 0 radical (unpaired) electrons. The summed E-state index contributed by atoms with van der Waals surface area (Å²) in [5.41, 5.74) is 4.74. The van der Waals surface area contributed by atoms with Crippen LogP contribution in [0.4, 0.5) is 5.69 Å². The molecule has 0 saturated heterocycles. The van der Waals surface area contributed by atoms with E-state index in [2.05, 4.69) is 4.98 Å². The monoisotopic (exact) mass is 197 g/mol. The molecule has 0 unspecified atom stereocenters. The fourth-order valence-electron chi connectivity index (χ4n) is 0.753. The van der Waals surface area contributed by atoms with Crippen molar-refractivity contribution in [3.05, 3.63) is 22.5 Å². The Balaban J connectivity index is 3.41. The summed E-state index contributed by atoms with van der Waals surface area (Å²) in [6.07, 6.45) is 0. The summed E-state index contributed by atoms with van der Waals surface area (Å²) in [4.78, 5) is 14.0. The normalized spacial score (nSPS) is 9.23. The zero-order valence-corrected chi connectivity index (χ0v) is 7.04. The summed E-state index contributed by atoms with van der Waals surface area (Å²) in [6, 6.07) is 2.85. The Morgan fingerprint density at radius 1 is 1.77 bits per heavy atom. The second-order valence-corrected chi connectivity index (χ2v) is 2.58. The van der Waals surface area contributed by atoms with Crippen LogP contribution in [-0.4, -0.2) is 16.1 Å². The van der Waals surface area contributed by atoms with Crippen molar-refractivity contribution in [1.82, 2.24) is 4.98 Å². The van der Waals surface area contributed by atoms with Gasteiger partial charge in [-0.2, -0.15) is 5.26 Å². The number of carboxylic acids is 1. The number of nitrogen functional groups attached to an aromatic ring is 1. The van der Waals surface area contributed by atoms with Gasteiger partial charge in [-0.25, -0.2) is 9.78 Å². The molecule has 0 aliphatic heterocycles. The third-order valence-corrected chi connectivity index (χ3v) is 1.60. The fraction of sp³-hybridized carbons (Fsp3) is 0. The number of pyridine rings is 1. The molecule has 0 bridgehead atoms. The zero-order valence-electron chi connectivity index (χ0n) is 6.28. The lowest BCUT2D eigenvalue weighted by Crippen LogP contribution is -2.07. The van der Waals surface area contributed by atoms with E-state index >= 15 is 0 Å². The number of rotatable bonds is 1. The molecule has 0 aliphatic carbocycles. The first-order valence-corrected chi connectivity index (χ1v) is 3.53. The number of halogens is 1. The van der Waals surface area contributed by atoms with E-state index in [4.69, 9.17) is 27.7 Å². The minimum atomic E-state index is -1.29. The smallest absolute Gasteiger partial charge is 0.356 e. The molecule has 3 N–H and O–H groups in total. The maximum atomic E-state index is 10.5. The van der Waals surface area contributed by atoms with E-state index < -0.39 is 5.97 Å². The van der Waals surface area contributed by atoms with Crippen LogP contribution in [0.2, 0.25) is 5.02 Å². The van der Waals surface area contributed by atoms with Crippen molar-refractivity contribution in [2.45, 2.75) is 0 Å². The molecule has 6 heteroatoms. The molecular formula is C7H4ClN3O2. The van der Waals surface area contributed by atoms with E-state index in [9.17, 15) is 4.79 Å². The van der Waals surface area contributed by atoms with Crippen LogP contribution in [0.3, 0.4) is 0 Å². The largest absolute Gasteiger partial charge is 0.476 e. The first-order valence-electron chi connectivity index (χ1n) is 3.15. The van der Waals surface area contributed by atoms with Gasteiger partial charge >= 0.3 is 5.97 Å². The average molecular weight is 198 g/mol. The Kier molecular flexibility index (Phi) is 2.35. The second-order valence-electron chi connectivity index (χ2n) is 2.17. The summed E-state index contributed by atoms with van der Waals surface area (Å²) in [6.45, 7) is 0. The third-order valence-electron chi connectivity index (χ3n) is 1.31. The highest BCUT2D eigenvalue weighted by Crippen LogP contribution is 2.19. The van der Waals surface area contributed by atoms with Gasteiger partial charge in [0.05, 0.1) is 10.7 Å². The molecule has 0 atom stereocenters. The summed E-state index contributed by atoms with van der Waals surface area (Å²) in [7, 11) is 0. The van der Waals surface area contributed by atoms with Crippen molar-refractivity contribution < 1.29 is 9.90 Å². The molecule has 1 aromatic heterocycles. The number of carbonyl (C=O) groups is 1. The summed E-state index contributed by atoms with van der Waals surface area (Å²) in [5.74, 6) is -1.29. The van der Waals surface area contributed by atoms with Crippen LogP contribution >= 0.6 is 11.6 Å². The topological polar surface area (TPSA) is 100 Å². The van der Waals surface area contributed by atoms with Gasteiger partial charge in [0.2, 0.25) is 0 Å². The quantitative estimate of drug-likeness (QED) is 0.696. The standard InChI is InChI=1S/C7H4ClN3O2/c8-3-1-4(10)6(7(12)13)11-5(3)2-9/h1H,10H2,(H,12,13). The number of carboxylic acid groups (broad SMARTS) is 1. The van der Waals surface area contributed by atoms with Crippen molar-refractivity contribution in [2.75, 3.05) is 5.73 Å². The number of nitrogens with two attached hydrogens (primary N) is 1. The summed E-state index contributed by atoms with van der Waals surface area (Å²) in [5, 5.41) is 17.1. The van der Waals surface area contributed by atoms with Gasteiger partial charge in [-0.05, 0) is 6.07 Å². The number of hydrogen-bond donors (Lipinski definition) is 2. The molecule has 1 aromatic rings. The van der Waals surface area contributed by atoms with Crippen LogP contribution in [-0.2, 0) is 0 Å². The van der Waals surface area contributed by atoms with Crippen molar-refractivity contribution >= 4 is 23.3 Å². The number of hydrogen-bond acceptors (Lipinski definition) is 4. The Morgan fingerprint density at radius 2 is 2.38 bits per heavy atom. The Bertz CT molecular complexity index is 411. The molecular weight excluding hydrogens is 194 g/mol. The van der Waals surface area contributed by atoms with Crippen molar-refractivity contribution in [3.8, 4) is 6.07 Å². The van der Waals surface area contributed by atoms with E-state index in [0.29, 0.717) is 0 Å². The van der Waals surface area contributed by atoms with Crippen molar-refractivity contribution in [1.29, 1.82) is 5.26 Å². The minimum absolute atomic E-state index is 0.0463. The van der Waals surface area contributed by atoms with E-state index in [1.807, 2.05) is 0 Å². The SMILES string of the molecule is N#Cc1nc(C(=O)O)c(N)cc1Cl. The number of anilines is 1. The highest BCUT2D eigenvalue weighted by atomic mass is 35.5. The molecule has 66 valence electrons. The van der Waals surface area contributed by atoms with Crippen LogP contribution in [0.1, 0.15) is 16.2 Å². The van der Waals surface area contributed by atoms with Crippen molar-refractivity contribution in [2.24, 2.45) is 0 Å². The third kappa shape index (κ3) is 1.68. The summed E-state index contributed by atoms with van der Waals surface area (Å²) >= 11 is 5.55. The molecule has 0 amide bonds. The first-order chi connectivity index (χ1) is 6.06. The first kappa shape index (κ1) is 9.29. The molecule has 1 heterocycles. The molecule has 0 aromatic carbocycles. The van der Waals surface area contributed by atoms with E-state index in [1.165, 1.54) is 6.07 Å². The van der Waals surface area contributed by atoms with Gasteiger partial charge in [-0.3, -0.25) is 0 Å². The average Bonchev–Trinajstić information content (AvgIpc) is 2.03. The Hall–Kier alpha value is -1.80. The number of aromatic carboxylic acids is 1. The predicted molar refractivity (Wildman–Crippen MR) is 45.3 cm³/mol. The van der Waals surface area contributed by atoms with Crippen LogP contribution in [0.5, 0.6) is 0 Å². The molecule has 5 nitrogen and oxygen atoms in total. The van der Waals surface area contributed by atoms with Gasteiger partial charge in [-0.15, -0.1) is 0 Å². The fourth-order valence-corrected chi connectivity index (χ4v) is 0.955. The lowest BCUT2D eigenvalue weighted by atomic mass is 10.2. The van der Waals surface area contributed by atoms with Crippen LogP contribution in [0, 0.1) is 11.3 Å². The van der Waals surface area contributed by atoms with Gasteiger partial charge in [0, 0.05) is 0 Å². The molecule has 0 aliphatic rings. The minimum Gasteiger partial charge on any atom is -0.476 e. The highest BCUT2D eigenvalue weighted by molar-refractivity contribution is 6.31. The van der Waals surface area contributed by atoms with E-state index in [0.717, 1.165) is 0 Å². The number of nitrogens with zero attached hydrogens (tertiary/aromatic N) is 2. The zero-order chi connectivity index (χ0) is 10.0. The number of nitriles is 1. The molecule has 0 fully saturated rings. The van der Waals surface area contributed by atoms with Gasteiger partial charge in [0.1, 0.15) is 6.07 Å². The Labute approximate surface area is 78.4 Å².